The summed E-state index contributed by atoms with van der Waals surface area (Å²) >= 11 is 5.94. The molecule has 19 heavy (non-hydrogen) atoms. The number of pyridine rings is 1. The summed E-state index contributed by atoms with van der Waals surface area (Å²) in [5, 5.41) is 0.751. The Kier molecular flexibility index (Phi) is 3.03. The van der Waals surface area contributed by atoms with Crippen LogP contribution < -0.4 is 0 Å². The predicted octanol–water partition coefficient (Wildman–Crippen LogP) is 4.80. The molecule has 3 aromatic rings. The molecule has 0 saturated heterocycles. The van der Waals surface area contributed by atoms with Gasteiger partial charge in [0.1, 0.15) is 0 Å². The molecule has 0 saturated carbocycles. The Morgan fingerprint density at radius 2 is 1.84 bits per heavy atom. The standard InChI is InChI=1S/C16H15ClN2/c1-11(2)12-9-16-15(18-10-12)7-8-19(16)14-5-3-13(17)4-6-14/h3-11H,1-2H3. The second-order valence-electron chi connectivity index (χ2n) is 4.99. The van der Waals surface area contributed by atoms with Crippen molar-refractivity contribution in [3.8, 4) is 5.69 Å². The van der Waals surface area contributed by atoms with Crippen molar-refractivity contribution in [3.05, 3.63) is 59.4 Å². The molecule has 2 aromatic heterocycles. The van der Waals surface area contributed by atoms with Crippen molar-refractivity contribution >= 4 is 22.6 Å². The predicted molar refractivity (Wildman–Crippen MR) is 80.2 cm³/mol. The molecule has 0 radical (unpaired) electrons. The fourth-order valence-electron chi connectivity index (χ4n) is 2.17. The van der Waals surface area contributed by atoms with Gasteiger partial charge in [-0.15, -0.1) is 0 Å². The van der Waals surface area contributed by atoms with Crippen LogP contribution in [0, 0.1) is 0 Å². The molecule has 0 aliphatic carbocycles. The Bertz CT molecular complexity index is 711. The second-order valence-corrected chi connectivity index (χ2v) is 5.43. The Labute approximate surface area is 117 Å². The normalized spacial score (nSPS) is 11.4. The third-order valence-corrected chi connectivity index (χ3v) is 3.58. The monoisotopic (exact) mass is 270 g/mol. The highest BCUT2D eigenvalue weighted by molar-refractivity contribution is 6.30. The molecule has 0 aliphatic rings. The molecule has 0 aliphatic heterocycles. The van der Waals surface area contributed by atoms with Crippen LogP contribution in [0.5, 0.6) is 0 Å². The topological polar surface area (TPSA) is 17.8 Å². The van der Waals surface area contributed by atoms with Crippen molar-refractivity contribution in [2.45, 2.75) is 19.8 Å². The smallest absolute Gasteiger partial charge is 0.0884 e. The van der Waals surface area contributed by atoms with E-state index in [0.717, 1.165) is 21.7 Å². The first-order valence-electron chi connectivity index (χ1n) is 6.38. The number of hydrogen-bond acceptors (Lipinski definition) is 1. The zero-order valence-corrected chi connectivity index (χ0v) is 11.7. The second kappa shape index (κ2) is 4.71. The Morgan fingerprint density at radius 3 is 2.53 bits per heavy atom. The molecule has 1 aromatic carbocycles. The quantitative estimate of drug-likeness (QED) is 0.654. The Balaban J connectivity index is 2.18. The van der Waals surface area contributed by atoms with Crippen molar-refractivity contribution in [2.75, 3.05) is 0 Å². The van der Waals surface area contributed by atoms with Gasteiger partial charge in [-0.25, -0.2) is 0 Å². The molecular formula is C16H15ClN2. The van der Waals surface area contributed by atoms with E-state index < -0.39 is 0 Å². The molecule has 2 nitrogen and oxygen atoms in total. The van der Waals surface area contributed by atoms with Gasteiger partial charge in [0.05, 0.1) is 11.0 Å². The molecule has 0 fully saturated rings. The zero-order valence-electron chi connectivity index (χ0n) is 11.0. The van der Waals surface area contributed by atoms with Crippen LogP contribution in [0.1, 0.15) is 25.3 Å². The molecule has 0 amide bonds. The summed E-state index contributed by atoms with van der Waals surface area (Å²) in [6.45, 7) is 4.36. The molecule has 96 valence electrons. The van der Waals surface area contributed by atoms with E-state index in [2.05, 4.69) is 29.5 Å². The maximum atomic E-state index is 5.94. The highest BCUT2D eigenvalue weighted by atomic mass is 35.5. The fourth-order valence-corrected chi connectivity index (χ4v) is 2.29. The van der Waals surface area contributed by atoms with Gasteiger partial charge in [-0.1, -0.05) is 25.4 Å². The summed E-state index contributed by atoms with van der Waals surface area (Å²) in [5.41, 5.74) is 4.50. The first-order valence-corrected chi connectivity index (χ1v) is 6.76. The highest BCUT2D eigenvalue weighted by Gasteiger charge is 2.07. The SMILES string of the molecule is CC(C)c1cnc2ccn(-c3ccc(Cl)cc3)c2c1. The molecule has 2 heterocycles. The average molecular weight is 271 g/mol. The molecule has 0 N–H and O–H groups in total. The number of nitrogens with zero attached hydrogens (tertiary/aromatic N) is 2. The minimum Gasteiger partial charge on any atom is -0.315 e. The van der Waals surface area contributed by atoms with Crippen molar-refractivity contribution in [2.24, 2.45) is 0 Å². The van der Waals surface area contributed by atoms with Gasteiger partial charge in [-0.3, -0.25) is 4.98 Å². The number of fused-ring (bicyclic) bond motifs is 1. The lowest BCUT2D eigenvalue weighted by Crippen LogP contribution is -1.94. The van der Waals surface area contributed by atoms with E-state index in [9.17, 15) is 0 Å². The van der Waals surface area contributed by atoms with Crippen LogP contribution in [0.15, 0.2) is 48.8 Å². The minimum atomic E-state index is 0.477. The lowest BCUT2D eigenvalue weighted by Gasteiger charge is -2.08. The van der Waals surface area contributed by atoms with Gasteiger partial charge in [0.2, 0.25) is 0 Å². The summed E-state index contributed by atoms with van der Waals surface area (Å²) in [6.07, 6.45) is 4.00. The van der Waals surface area contributed by atoms with Crippen LogP contribution >= 0.6 is 11.6 Å². The first kappa shape index (κ1) is 12.2. The molecule has 0 unspecified atom stereocenters. The highest BCUT2D eigenvalue weighted by Crippen LogP contribution is 2.23. The van der Waals surface area contributed by atoms with Gasteiger partial charge >= 0.3 is 0 Å². The largest absolute Gasteiger partial charge is 0.315 e. The summed E-state index contributed by atoms with van der Waals surface area (Å²) in [5.74, 6) is 0.477. The van der Waals surface area contributed by atoms with Crippen molar-refractivity contribution in [3.63, 3.8) is 0 Å². The molecule has 0 bridgehead atoms. The van der Waals surface area contributed by atoms with E-state index in [1.807, 2.05) is 42.7 Å². The van der Waals surface area contributed by atoms with E-state index in [1.54, 1.807) is 0 Å². The molecule has 3 rings (SSSR count). The summed E-state index contributed by atoms with van der Waals surface area (Å²) in [7, 11) is 0. The maximum absolute atomic E-state index is 5.94. The van der Waals surface area contributed by atoms with Crippen LogP contribution in [0.25, 0.3) is 16.7 Å². The van der Waals surface area contributed by atoms with Crippen molar-refractivity contribution in [1.29, 1.82) is 0 Å². The van der Waals surface area contributed by atoms with E-state index >= 15 is 0 Å². The van der Waals surface area contributed by atoms with Gasteiger partial charge < -0.3 is 4.57 Å². The Morgan fingerprint density at radius 1 is 1.11 bits per heavy atom. The maximum Gasteiger partial charge on any atom is 0.0884 e. The van der Waals surface area contributed by atoms with Gasteiger partial charge in [-0.2, -0.15) is 0 Å². The van der Waals surface area contributed by atoms with E-state index in [0.29, 0.717) is 5.92 Å². The van der Waals surface area contributed by atoms with Crippen molar-refractivity contribution < 1.29 is 0 Å². The summed E-state index contributed by atoms with van der Waals surface area (Å²) < 4.78 is 2.14. The lowest BCUT2D eigenvalue weighted by atomic mass is 10.1. The van der Waals surface area contributed by atoms with Crippen molar-refractivity contribution in [1.82, 2.24) is 9.55 Å². The summed E-state index contributed by atoms with van der Waals surface area (Å²) in [4.78, 5) is 4.52. The lowest BCUT2D eigenvalue weighted by molar-refractivity contribution is 0.861. The zero-order chi connectivity index (χ0) is 13.4. The average Bonchev–Trinajstić information content (AvgIpc) is 2.82. The minimum absolute atomic E-state index is 0.477. The summed E-state index contributed by atoms with van der Waals surface area (Å²) in [6, 6.07) is 12.1. The third-order valence-electron chi connectivity index (χ3n) is 3.33. The number of rotatable bonds is 2. The molecule has 0 spiro atoms. The molecule has 3 heteroatoms. The van der Waals surface area contributed by atoms with Gasteiger partial charge in [0, 0.05) is 23.1 Å². The number of aromatic nitrogens is 2. The number of benzene rings is 1. The van der Waals surface area contributed by atoms with Gasteiger partial charge in [0.15, 0.2) is 0 Å². The van der Waals surface area contributed by atoms with Crippen LogP contribution in [0.4, 0.5) is 0 Å². The van der Waals surface area contributed by atoms with Crippen LogP contribution in [-0.2, 0) is 0 Å². The molecule has 0 atom stereocenters. The van der Waals surface area contributed by atoms with Crippen LogP contribution in [0.2, 0.25) is 5.02 Å². The van der Waals surface area contributed by atoms with E-state index in [4.69, 9.17) is 11.6 Å². The van der Waals surface area contributed by atoms with Crippen LogP contribution in [0.3, 0.4) is 0 Å². The fraction of sp³-hybridized carbons (Fsp3) is 0.188. The first-order chi connectivity index (χ1) is 9.15. The van der Waals surface area contributed by atoms with Gasteiger partial charge in [-0.05, 0) is 47.9 Å². The third kappa shape index (κ3) is 2.24. The number of hydrogen-bond donors (Lipinski definition) is 0. The van der Waals surface area contributed by atoms with Crippen LogP contribution in [-0.4, -0.2) is 9.55 Å². The number of halogens is 1. The van der Waals surface area contributed by atoms with E-state index in [-0.39, 0.29) is 0 Å². The molecular weight excluding hydrogens is 256 g/mol. The van der Waals surface area contributed by atoms with Gasteiger partial charge in [0.25, 0.3) is 0 Å². The van der Waals surface area contributed by atoms with E-state index in [1.165, 1.54) is 5.56 Å². The Hall–Kier alpha value is -1.80.